The van der Waals surface area contributed by atoms with Gasteiger partial charge in [0.2, 0.25) is 0 Å². The van der Waals surface area contributed by atoms with Gasteiger partial charge in [0.1, 0.15) is 6.73 Å². The second-order valence-electron chi connectivity index (χ2n) is 4.83. The normalized spacial score (nSPS) is 10.8. The number of aliphatic hydroxyl groups excluding tert-OH is 1. The van der Waals surface area contributed by atoms with E-state index in [9.17, 15) is 4.79 Å². The van der Waals surface area contributed by atoms with E-state index in [4.69, 9.17) is 5.11 Å². The minimum atomic E-state index is -0.370. The highest BCUT2D eigenvalue weighted by molar-refractivity contribution is 5.74. The highest BCUT2D eigenvalue weighted by Gasteiger charge is 1.92. The molecule has 0 aromatic carbocycles. The van der Waals surface area contributed by atoms with Crippen LogP contribution in [0.1, 0.15) is 71.1 Å². The minimum absolute atomic E-state index is 0.335. The first-order chi connectivity index (χ1) is 9.31. The highest BCUT2D eigenvalue weighted by atomic mass is 16.3. The molecule has 0 heterocycles. The number of hydrogen-bond acceptors (Lipinski definition) is 2. The Bertz CT molecular complexity index is 230. The predicted molar refractivity (Wildman–Crippen MR) is 79.7 cm³/mol. The molecule has 0 bridgehead atoms. The minimum Gasteiger partial charge on any atom is -0.376 e. The topological polar surface area (TPSA) is 61.4 Å². The summed E-state index contributed by atoms with van der Waals surface area (Å²) >= 11 is 0. The van der Waals surface area contributed by atoms with Crippen LogP contribution in [0, 0.1) is 0 Å². The molecule has 19 heavy (non-hydrogen) atoms. The van der Waals surface area contributed by atoms with Crippen LogP contribution in [0.2, 0.25) is 0 Å². The van der Waals surface area contributed by atoms with Gasteiger partial charge in [-0.25, -0.2) is 4.79 Å². The Hall–Kier alpha value is -1.03. The van der Waals surface area contributed by atoms with Gasteiger partial charge in [-0.1, -0.05) is 64.4 Å². The van der Waals surface area contributed by atoms with Gasteiger partial charge in [0, 0.05) is 6.20 Å². The third-order valence-electron chi connectivity index (χ3n) is 3.05. The molecule has 0 unspecified atom stereocenters. The van der Waals surface area contributed by atoms with Gasteiger partial charge in [0.15, 0.2) is 0 Å². The molecule has 0 spiro atoms. The molecule has 0 fully saturated rings. The van der Waals surface area contributed by atoms with Crippen LogP contribution < -0.4 is 10.6 Å². The van der Waals surface area contributed by atoms with E-state index < -0.39 is 0 Å². The zero-order chi connectivity index (χ0) is 14.2. The molecular weight excluding hydrogens is 240 g/mol. The summed E-state index contributed by atoms with van der Waals surface area (Å²) in [4.78, 5) is 10.9. The van der Waals surface area contributed by atoms with Crippen molar-refractivity contribution in [2.75, 3.05) is 6.73 Å². The number of nitrogens with one attached hydrogen (secondary N) is 2. The summed E-state index contributed by atoms with van der Waals surface area (Å²) in [6.45, 7) is 1.91. The van der Waals surface area contributed by atoms with Gasteiger partial charge in [-0.2, -0.15) is 0 Å². The summed E-state index contributed by atoms with van der Waals surface area (Å²) in [6.07, 6.45) is 16.5. The van der Waals surface area contributed by atoms with Crippen molar-refractivity contribution in [3.63, 3.8) is 0 Å². The molecule has 0 atom stereocenters. The molecule has 0 saturated heterocycles. The van der Waals surface area contributed by atoms with E-state index in [2.05, 4.69) is 17.6 Å². The molecule has 4 heteroatoms. The highest BCUT2D eigenvalue weighted by Crippen LogP contribution is 2.10. The second-order valence-corrected chi connectivity index (χ2v) is 4.83. The standard InChI is InChI=1S/C15H30N2O2/c1-2-3-4-5-6-7-8-9-10-11-12-13-16-15(19)17-14-18/h12-13,18H,2-11,14H2,1H3,(H2,16,17,19)/b13-12+. The number of rotatable bonds is 12. The third kappa shape index (κ3) is 14.9. The Morgan fingerprint density at radius 2 is 1.58 bits per heavy atom. The van der Waals surface area contributed by atoms with Crippen molar-refractivity contribution in [2.24, 2.45) is 0 Å². The smallest absolute Gasteiger partial charge is 0.320 e. The fourth-order valence-corrected chi connectivity index (χ4v) is 1.91. The maximum Gasteiger partial charge on any atom is 0.320 e. The first kappa shape index (κ1) is 18.0. The summed E-state index contributed by atoms with van der Waals surface area (Å²) in [6, 6.07) is -0.370. The Morgan fingerprint density at radius 1 is 1.00 bits per heavy atom. The van der Waals surface area contributed by atoms with E-state index in [0.29, 0.717) is 0 Å². The summed E-state index contributed by atoms with van der Waals surface area (Å²) in [7, 11) is 0. The number of unbranched alkanes of at least 4 members (excludes halogenated alkanes) is 9. The van der Waals surface area contributed by atoms with Crippen molar-refractivity contribution in [1.29, 1.82) is 0 Å². The SMILES string of the molecule is CCCCCCCCCCC/C=C/NC(=O)NCO. The van der Waals surface area contributed by atoms with Gasteiger partial charge < -0.3 is 15.7 Å². The Balaban J connectivity index is 3.13. The van der Waals surface area contributed by atoms with Crippen molar-refractivity contribution in [2.45, 2.75) is 71.1 Å². The molecule has 0 aromatic heterocycles. The fraction of sp³-hybridized carbons (Fsp3) is 0.800. The van der Waals surface area contributed by atoms with Gasteiger partial charge in [-0.15, -0.1) is 0 Å². The van der Waals surface area contributed by atoms with Crippen LogP contribution in [0.5, 0.6) is 0 Å². The average Bonchev–Trinajstić information content (AvgIpc) is 2.40. The van der Waals surface area contributed by atoms with E-state index in [1.54, 1.807) is 6.20 Å². The summed E-state index contributed by atoms with van der Waals surface area (Å²) < 4.78 is 0. The van der Waals surface area contributed by atoms with Crippen molar-refractivity contribution in [3.05, 3.63) is 12.3 Å². The maximum atomic E-state index is 10.9. The largest absolute Gasteiger partial charge is 0.376 e. The molecule has 3 N–H and O–H groups in total. The predicted octanol–water partition coefficient (Wildman–Crippen LogP) is 3.67. The van der Waals surface area contributed by atoms with Crippen LogP contribution in [-0.2, 0) is 0 Å². The molecule has 0 radical (unpaired) electrons. The summed E-state index contributed by atoms with van der Waals surface area (Å²) in [5.41, 5.74) is 0. The number of carbonyl (C=O) groups excluding carboxylic acids is 1. The van der Waals surface area contributed by atoms with Gasteiger partial charge in [-0.3, -0.25) is 0 Å². The average molecular weight is 270 g/mol. The van der Waals surface area contributed by atoms with Gasteiger partial charge >= 0.3 is 6.03 Å². The van der Waals surface area contributed by atoms with E-state index in [0.717, 1.165) is 6.42 Å². The molecule has 0 aromatic rings. The molecular formula is C15H30N2O2. The van der Waals surface area contributed by atoms with Crippen LogP contribution in [-0.4, -0.2) is 17.9 Å². The Kier molecular flexibility index (Phi) is 14.2. The number of aliphatic hydroxyl groups is 1. The lowest BCUT2D eigenvalue weighted by atomic mass is 10.1. The lowest BCUT2D eigenvalue weighted by Crippen LogP contribution is -2.32. The zero-order valence-electron chi connectivity index (χ0n) is 12.3. The number of allylic oxidation sites excluding steroid dienone is 1. The molecule has 0 saturated carbocycles. The number of urea groups is 1. The lowest BCUT2D eigenvalue weighted by molar-refractivity contribution is 0.220. The van der Waals surface area contributed by atoms with Crippen LogP contribution in [0.15, 0.2) is 12.3 Å². The molecule has 0 rings (SSSR count). The molecule has 4 nitrogen and oxygen atoms in total. The summed E-state index contributed by atoms with van der Waals surface area (Å²) in [5.74, 6) is 0. The molecule has 2 amide bonds. The first-order valence-electron chi connectivity index (χ1n) is 7.61. The van der Waals surface area contributed by atoms with E-state index in [1.807, 2.05) is 6.08 Å². The van der Waals surface area contributed by atoms with E-state index in [-0.39, 0.29) is 12.8 Å². The van der Waals surface area contributed by atoms with Gasteiger partial charge in [-0.05, 0) is 12.8 Å². The van der Waals surface area contributed by atoms with Crippen molar-refractivity contribution in [3.8, 4) is 0 Å². The summed E-state index contributed by atoms with van der Waals surface area (Å²) in [5, 5.41) is 13.2. The molecule has 0 aliphatic rings. The van der Waals surface area contributed by atoms with Crippen LogP contribution in [0.3, 0.4) is 0 Å². The van der Waals surface area contributed by atoms with Crippen molar-refractivity contribution >= 4 is 6.03 Å². The molecule has 0 aliphatic heterocycles. The quantitative estimate of drug-likeness (QED) is 0.374. The Labute approximate surface area is 117 Å². The van der Waals surface area contributed by atoms with Crippen LogP contribution in [0.25, 0.3) is 0 Å². The van der Waals surface area contributed by atoms with Crippen LogP contribution >= 0.6 is 0 Å². The monoisotopic (exact) mass is 270 g/mol. The molecule has 112 valence electrons. The zero-order valence-corrected chi connectivity index (χ0v) is 12.3. The number of amides is 2. The van der Waals surface area contributed by atoms with E-state index in [1.165, 1.54) is 57.8 Å². The maximum absolute atomic E-state index is 10.9. The van der Waals surface area contributed by atoms with Crippen molar-refractivity contribution < 1.29 is 9.90 Å². The Morgan fingerprint density at radius 3 is 2.16 bits per heavy atom. The fourth-order valence-electron chi connectivity index (χ4n) is 1.91. The van der Waals surface area contributed by atoms with Crippen molar-refractivity contribution in [1.82, 2.24) is 10.6 Å². The van der Waals surface area contributed by atoms with Gasteiger partial charge in [0.05, 0.1) is 0 Å². The number of hydrogen-bond donors (Lipinski definition) is 3. The molecule has 0 aliphatic carbocycles. The first-order valence-corrected chi connectivity index (χ1v) is 7.61. The van der Waals surface area contributed by atoms with Crippen LogP contribution in [0.4, 0.5) is 4.79 Å². The second kappa shape index (κ2) is 15.0. The van der Waals surface area contributed by atoms with E-state index >= 15 is 0 Å². The lowest BCUT2D eigenvalue weighted by Gasteiger charge is -2.01. The van der Waals surface area contributed by atoms with Gasteiger partial charge in [0.25, 0.3) is 0 Å². The third-order valence-corrected chi connectivity index (χ3v) is 3.05. The number of carbonyl (C=O) groups is 1.